The Morgan fingerprint density at radius 1 is 1.50 bits per heavy atom. The van der Waals surface area contributed by atoms with Crippen LogP contribution >= 0.6 is 15.9 Å². The smallest absolute Gasteiger partial charge is 0.310 e. The van der Waals surface area contributed by atoms with E-state index in [1.807, 2.05) is 0 Å². The van der Waals surface area contributed by atoms with Gasteiger partial charge in [0.15, 0.2) is 5.75 Å². The van der Waals surface area contributed by atoms with Gasteiger partial charge in [-0.05, 0) is 11.6 Å². The Labute approximate surface area is 101 Å². The van der Waals surface area contributed by atoms with Crippen LogP contribution in [0.2, 0.25) is 0 Å². The molecule has 0 N–H and O–H groups in total. The molecule has 4 nitrogen and oxygen atoms in total. The van der Waals surface area contributed by atoms with Gasteiger partial charge in [0.1, 0.15) is 0 Å². The maximum Gasteiger partial charge on any atom is 0.310 e. The highest BCUT2D eigenvalue weighted by molar-refractivity contribution is 9.08. The highest BCUT2D eigenvalue weighted by Gasteiger charge is 2.15. The van der Waals surface area contributed by atoms with Crippen LogP contribution in [0.1, 0.15) is 12.0 Å². The lowest BCUT2D eigenvalue weighted by Crippen LogP contribution is -2.01. The summed E-state index contributed by atoms with van der Waals surface area (Å²) in [4.78, 5) is 10.2. The average Bonchev–Trinajstić information content (AvgIpc) is 2.29. The van der Waals surface area contributed by atoms with Crippen molar-refractivity contribution < 1.29 is 14.1 Å². The zero-order valence-corrected chi connectivity index (χ0v) is 10.1. The summed E-state index contributed by atoms with van der Waals surface area (Å²) in [5.41, 5.74) is 0.782. The Bertz CT molecular complexity index is 373. The van der Waals surface area contributed by atoms with Gasteiger partial charge < -0.3 is 4.74 Å². The molecule has 16 heavy (non-hydrogen) atoms. The van der Waals surface area contributed by atoms with Crippen LogP contribution in [0.5, 0.6) is 5.75 Å². The molecule has 0 aromatic heterocycles. The number of halogens is 2. The summed E-state index contributed by atoms with van der Waals surface area (Å²) < 4.78 is 17.1. The van der Waals surface area contributed by atoms with Crippen molar-refractivity contribution in [2.45, 2.75) is 11.8 Å². The van der Waals surface area contributed by atoms with Crippen LogP contribution < -0.4 is 4.74 Å². The molecule has 0 saturated heterocycles. The van der Waals surface area contributed by atoms with E-state index in [1.54, 1.807) is 12.1 Å². The van der Waals surface area contributed by atoms with Crippen molar-refractivity contribution in [1.82, 2.24) is 0 Å². The fraction of sp³-hybridized carbons (Fsp3) is 0.400. The number of benzene rings is 1. The molecule has 1 rings (SSSR count). The minimum Gasteiger partial charge on any atom is -0.487 e. The molecule has 0 radical (unpaired) electrons. The minimum atomic E-state index is -0.511. The second-order valence-electron chi connectivity index (χ2n) is 3.08. The van der Waals surface area contributed by atoms with E-state index in [0.717, 1.165) is 5.56 Å². The molecule has 88 valence electrons. The Morgan fingerprint density at radius 3 is 2.81 bits per heavy atom. The molecule has 6 heteroatoms. The molecule has 0 unspecified atom stereocenters. The molecule has 0 aliphatic rings. The van der Waals surface area contributed by atoms with E-state index in [-0.39, 0.29) is 24.5 Å². The maximum atomic E-state index is 11.9. The normalized spacial score (nSPS) is 10.1. The highest BCUT2D eigenvalue weighted by atomic mass is 79.9. The number of alkyl halides is 2. The van der Waals surface area contributed by atoms with Gasteiger partial charge in [0.05, 0.1) is 18.2 Å². The van der Waals surface area contributed by atoms with Gasteiger partial charge in [-0.3, -0.25) is 14.5 Å². The number of nitrogens with zero attached hydrogens (tertiary/aromatic N) is 1. The number of nitro groups is 1. The standard InChI is InChI=1S/C10H11BrFNO3/c11-7-8-2-3-9(13(14)15)10(6-8)16-5-1-4-12/h2-3,6H,1,4-5,7H2. The van der Waals surface area contributed by atoms with Crippen molar-refractivity contribution in [3.8, 4) is 5.75 Å². The minimum absolute atomic E-state index is 0.0939. The molecular formula is C10H11BrFNO3. The lowest BCUT2D eigenvalue weighted by atomic mass is 10.2. The van der Waals surface area contributed by atoms with E-state index in [4.69, 9.17) is 4.74 Å². The largest absolute Gasteiger partial charge is 0.487 e. The van der Waals surface area contributed by atoms with Gasteiger partial charge >= 0.3 is 5.69 Å². The molecule has 1 aromatic rings. The second kappa shape index (κ2) is 6.42. The fourth-order valence-corrected chi connectivity index (χ4v) is 1.49. The maximum absolute atomic E-state index is 11.9. The van der Waals surface area contributed by atoms with Crippen LogP contribution in [0.25, 0.3) is 0 Å². The fourth-order valence-electron chi connectivity index (χ4n) is 1.14. The van der Waals surface area contributed by atoms with Gasteiger partial charge in [0.25, 0.3) is 0 Å². The third kappa shape index (κ3) is 3.44. The molecular weight excluding hydrogens is 281 g/mol. The van der Waals surface area contributed by atoms with Crippen molar-refractivity contribution >= 4 is 21.6 Å². The molecule has 0 spiro atoms. The van der Waals surface area contributed by atoms with Gasteiger partial charge in [0.2, 0.25) is 0 Å². The second-order valence-corrected chi connectivity index (χ2v) is 3.64. The highest BCUT2D eigenvalue weighted by Crippen LogP contribution is 2.28. The molecule has 0 bridgehead atoms. The van der Waals surface area contributed by atoms with Gasteiger partial charge in [-0.15, -0.1) is 0 Å². The van der Waals surface area contributed by atoms with E-state index >= 15 is 0 Å². The first-order chi connectivity index (χ1) is 7.69. The summed E-state index contributed by atoms with van der Waals surface area (Å²) in [5.74, 6) is 0.190. The number of hydrogen-bond acceptors (Lipinski definition) is 3. The summed E-state index contributed by atoms with van der Waals surface area (Å²) in [6, 6.07) is 4.63. The Kier molecular flexibility index (Phi) is 5.18. The lowest BCUT2D eigenvalue weighted by molar-refractivity contribution is -0.385. The molecule has 0 amide bonds. The first-order valence-corrected chi connectivity index (χ1v) is 5.83. The Balaban J connectivity index is 2.87. The SMILES string of the molecule is O=[N+]([O-])c1ccc(CBr)cc1OCCCF. The number of nitro benzene ring substituents is 1. The van der Waals surface area contributed by atoms with Crippen molar-refractivity contribution in [2.24, 2.45) is 0 Å². The summed E-state index contributed by atoms with van der Waals surface area (Å²) in [7, 11) is 0. The van der Waals surface area contributed by atoms with E-state index in [0.29, 0.717) is 5.33 Å². The number of rotatable bonds is 6. The molecule has 0 saturated carbocycles. The zero-order valence-electron chi connectivity index (χ0n) is 8.49. The number of ether oxygens (including phenoxy) is 1. The van der Waals surface area contributed by atoms with Crippen molar-refractivity contribution in [3.63, 3.8) is 0 Å². The Morgan fingerprint density at radius 2 is 2.25 bits per heavy atom. The third-order valence-electron chi connectivity index (χ3n) is 1.91. The van der Waals surface area contributed by atoms with Gasteiger partial charge in [0, 0.05) is 17.8 Å². The predicted molar refractivity (Wildman–Crippen MR) is 61.8 cm³/mol. The van der Waals surface area contributed by atoms with E-state index < -0.39 is 11.6 Å². The predicted octanol–water partition coefficient (Wildman–Crippen LogP) is 3.23. The van der Waals surface area contributed by atoms with Crippen molar-refractivity contribution in [1.29, 1.82) is 0 Å². The van der Waals surface area contributed by atoms with E-state index in [2.05, 4.69) is 15.9 Å². The molecule has 0 heterocycles. The first-order valence-electron chi connectivity index (χ1n) is 4.71. The Hall–Kier alpha value is -1.17. The van der Waals surface area contributed by atoms with E-state index in [1.165, 1.54) is 6.07 Å². The molecule has 0 fully saturated rings. The quantitative estimate of drug-likeness (QED) is 0.350. The lowest BCUT2D eigenvalue weighted by Gasteiger charge is -2.06. The summed E-state index contributed by atoms with van der Waals surface area (Å²) in [6.45, 7) is -0.352. The molecule has 0 aliphatic carbocycles. The molecule has 1 aromatic carbocycles. The van der Waals surface area contributed by atoms with Crippen molar-refractivity contribution in [3.05, 3.63) is 33.9 Å². The number of hydrogen-bond donors (Lipinski definition) is 0. The van der Waals surface area contributed by atoms with Crippen molar-refractivity contribution in [2.75, 3.05) is 13.3 Å². The zero-order chi connectivity index (χ0) is 12.0. The molecule has 0 aliphatic heterocycles. The van der Waals surface area contributed by atoms with Crippen LogP contribution in [0, 0.1) is 10.1 Å². The van der Waals surface area contributed by atoms with Gasteiger partial charge in [-0.25, -0.2) is 0 Å². The van der Waals surface area contributed by atoms with Crippen LogP contribution in [-0.4, -0.2) is 18.2 Å². The van der Waals surface area contributed by atoms with Crippen LogP contribution in [0.3, 0.4) is 0 Å². The van der Waals surface area contributed by atoms with Gasteiger partial charge in [-0.1, -0.05) is 22.0 Å². The first kappa shape index (κ1) is 12.9. The van der Waals surface area contributed by atoms with Gasteiger partial charge in [-0.2, -0.15) is 0 Å². The van der Waals surface area contributed by atoms with E-state index in [9.17, 15) is 14.5 Å². The van der Waals surface area contributed by atoms with Crippen LogP contribution in [0.4, 0.5) is 10.1 Å². The van der Waals surface area contributed by atoms with Crippen LogP contribution in [0.15, 0.2) is 18.2 Å². The summed E-state index contributed by atoms with van der Waals surface area (Å²) in [6.07, 6.45) is 0.232. The van der Waals surface area contributed by atoms with Crippen LogP contribution in [-0.2, 0) is 5.33 Å². The third-order valence-corrected chi connectivity index (χ3v) is 2.56. The summed E-state index contributed by atoms with van der Waals surface area (Å²) >= 11 is 3.25. The average molecular weight is 292 g/mol. The topological polar surface area (TPSA) is 52.4 Å². The monoisotopic (exact) mass is 291 g/mol. The summed E-state index contributed by atoms with van der Waals surface area (Å²) in [5, 5.41) is 11.3. The molecule has 0 atom stereocenters.